The Labute approximate surface area is 88.1 Å². The second-order valence-corrected chi connectivity index (χ2v) is 4.58. The number of rotatable bonds is 5. The Hall–Kier alpha value is -0.0800. The molecule has 0 heterocycles. The van der Waals surface area contributed by atoms with Crippen molar-refractivity contribution in [1.29, 1.82) is 0 Å². The molecule has 1 saturated carbocycles. The van der Waals surface area contributed by atoms with Gasteiger partial charge in [-0.3, -0.25) is 0 Å². The lowest BCUT2D eigenvalue weighted by Crippen LogP contribution is -2.40. The zero-order valence-electron chi connectivity index (χ0n) is 9.63. The van der Waals surface area contributed by atoms with E-state index in [2.05, 4.69) is 19.2 Å². The van der Waals surface area contributed by atoms with Gasteiger partial charge in [0.2, 0.25) is 0 Å². The number of hydrogen-bond acceptors (Lipinski definition) is 2. The van der Waals surface area contributed by atoms with Crippen LogP contribution in [0.2, 0.25) is 0 Å². The lowest BCUT2D eigenvalue weighted by Gasteiger charge is -2.31. The maximum Gasteiger partial charge on any atom is 0.0459 e. The SMILES string of the molecule is CCC(CC)NC1CCC(CO)CC1. The molecule has 0 spiro atoms. The first kappa shape index (κ1) is 12.0. The molecule has 2 nitrogen and oxygen atoms in total. The van der Waals surface area contributed by atoms with Crippen molar-refractivity contribution in [3.8, 4) is 0 Å². The molecule has 0 saturated heterocycles. The zero-order chi connectivity index (χ0) is 10.4. The van der Waals surface area contributed by atoms with Crippen LogP contribution in [0.25, 0.3) is 0 Å². The highest BCUT2D eigenvalue weighted by Gasteiger charge is 2.21. The van der Waals surface area contributed by atoms with E-state index in [-0.39, 0.29) is 0 Å². The van der Waals surface area contributed by atoms with Gasteiger partial charge in [0, 0.05) is 18.7 Å². The predicted molar refractivity (Wildman–Crippen MR) is 60.3 cm³/mol. The van der Waals surface area contributed by atoms with Crippen molar-refractivity contribution in [3.05, 3.63) is 0 Å². The fourth-order valence-electron chi connectivity index (χ4n) is 2.37. The molecule has 1 fully saturated rings. The number of hydrogen-bond donors (Lipinski definition) is 2. The van der Waals surface area contributed by atoms with Gasteiger partial charge in [-0.1, -0.05) is 13.8 Å². The highest BCUT2D eigenvalue weighted by Crippen LogP contribution is 2.24. The van der Waals surface area contributed by atoms with Gasteiger partial charge in [-0.25, -0.2) is 0 Å². The third-order valence-corrected chi connectivity index (χ3v) is 3.56. The van der Waals surface area contributed by atoms with E-state index in [9.17, 15) is 0 Å². The summed E-state index contributed by atoms with van der Waals surface area (Å²) in [5.74, 6) is 0.578. The van der Waals surface area contributed by atoms with Gasteiger partial charge in [0.1, 0.15) is 0 Å². The second-order valence-electron chi connectivity index (χ2n) is 4.58. The van der Waals surface area contributed by atoms with Crippen LogP contribution in [0.4, 0.5) is 0 Å². The van der Waals surface area contributed by atoms with E-state index in [0.717, 1.165) is 0 Å². The van der Waals surface area contributed by atoms with Crippen molar-refractivity contribution in [2.24, 2.45) is 5.92 Å². The Balaban J connectivity index is 2.21. The van der Waals surface area contributed by atoms with Crippen LogP contribution >= 0.6 is 0 Å². The molecule has 0 aliphatic heterocycles. The van der Waals surface area contributed by atoms with Crippen molar-refractivity contribution in [1.82, 2.24) is 5.32 Å². The molecule has 2 heteroatoms. The topological polar surface area (TPSA) is 32.3 Å². The summed E-state index contributed by atoms with van der Waals surface area (Å²) in [6.45, 7) is 4.89. The fraction of sp³-hybridized carbons (Fsp3) is 1.00. The molecule has 84 valence electrons. The van der Waals surface area contributed by atoms with Gasteiger partial charge in [-0.05, 0) is 44.4 Å². The molecule has 0 atom stereocenters. The highest BCUT2D eigenvalue weighted by atomic mass is 16.3. The van der Waals surface area contributed by atoms with Crippen LogP contribution in [0.1, 0.15) is 52.4 Å². The minimum absolute atomic E-state index is 0.387. The van der Waals surface area contributed by atoms with E-state index in [4.69, 9.17) is 5.11 Å². The van der Waals surface area contributed by atoms with Crippen molar-refractivity contribution >= 4 is 0 Å². The number of nitrogens with one attached hydrogen (secondary N) is 1. The van der Waals surface area contributed by atoms with Crippen molar-refractivity contribution in [2.75, 3.05) is 6.61 Å². The molecular weight excluding hydrogens is 174 g/mol. The molecular formula is C12H25NO. The third-order valence-electron chi connectivity index (χ3n) is 3.56. The largest absolute Gasteiger partial charge is 0.396 e. The Morgan fingerprint density at radius 2 is 1.71 bits per heavy atom. The molecule has 0 unspecified atom stereocenters. The van der Waals surface area contributed by atoms with Gasteiger partial charge in [-0.2, -0.15) is 0 Å². The quantitative estimate of drug-likeness (QED) is 0.712. The fourth-order valence-corrected chi connectivity index (χ4v) is 2.37. The Morgan fingerprint density at radius 3 is 2.14 bits per heavy atom. The molecule has 0 radical (unpaired) electrons. The van der Waals surface area contributed by atoms with Crippen LogP contribution in [0.3, 0.4) is 0 Å². The van der Waals surface area contributed by atoms with Crippen molar-refractivity contribution < 1.29 is 5.11 Å². The Kier molecular flexibility index (Phi) is 5.49. The summed E-state index contributed by atoms with van der Waals surface area (Å²) in [5.41, 5.74) is 0. The van der Waals surface area contributed by atoms with Gasteiger partial charge in [-0.15, -0.1) is 0 Å². The second kappa shape index (κ2) is 6.41. The van der Waals surface area contributed by atoms with Crippen LogP contribution in [0, 0.1) is 5.92 Å². The molecule has 0 amide bonds. The minimum atomic E-state index is 0.387. The molecule has 0 bridgehead atoms. The molecule has 2 N–H and O–H groups in total. The van der Waals surface area contributed by atoms with Crippen LogP contribution in [0.5, 0.6) is 0 Å². The van der Waals surface area contributed by atoms with Gasteiger partial charge >= 0.3 is 0 Å². The van der Waals surface area contributed by atoms with Crippen molar-refractivity contribution in [3.63, 3.8) is 0 Å². The van der Waals surface area contributed by atoms with E-state index < -0.39 is 0 Å². The summed E-state index contributed by atoms with van der Waals surface area (Å²) < 4.78 is 0. The minimum Gasteiger partial charge on any atom is -0.396 e. The van der Waals surface area contributed by atoms with Crippen LogP contribution < -0.4 is 5.32 Å². The summed E-state index contributed by atoms with van der Waals surface area (Å²) in [7, 11) is 0. The van der Waals surface area contributed by atoms with Crippen LogP contribution in [-0.4, -0.2) is 23.8 Å². The zero-order valence-corrected chi connectivity index (χ0v) is 9.63. The molecule has 14 heavy (non-hydrogen) atoms. The lowest BCUT2D eigenvalue weighted by molar-refractivity contribution is 0.171. The summed E-state index contributed by atoms with van der Waals surface area (Å²) >= 11 is 0. The first-order valence-corrected chi connectivity index (χ1v) is 6.17. The summed E-state index contributed by atoms with van der Waals surface area (Å²) in [5, 5.41) is 12.7. The van der Waals surface area contributed by atoms with Gasteiger partial charge in [0.25, 0.3) is 0 Å². The Bertz CT molecular complexity index is 137. The predicted octanol–water partition coefficient (Wildman–Crippen LogP) is 2.32. The van der Waals surface area contributed by atoms with Crippen LogP contribution in [-0.2, 0) is 0 Å². The number of aliphatic hydroxyl groups excluding tert-OH is 1. The van der Waals surface area contributed by atoms with E-state index >= 15 is 0 Å². The number of aliphatic hydroxyl groups is 1. The first-order valence-electron chi connectivity index (χ1n) is 6.17. The standard InChI is InChI=1S/C12H25NO/c1-3-11(4-2)13-12-7-5-10(9-14)6-8-12/h10-14H,3-9H2,1-2H3. The average Bonchev–Trinajstić information content (AvgIpc) is 2.26. The molecule has 0 aromatic rings. The summed E-state index contributed by atoms with van der Waals surface area (Å²) in [6.07, 6.45) is 7.37. The lowest BCUT2D eigenvalue weighted by atomic mass is 9.86. The third kappa shape index (κ3) is 3.58. The molecule has 1 rings (SSSR count). The van der Waals surface area contributed by atoms with Crippen molar-refractivity contribution in [2.45, 2.75) is 64.5 Å². The van der Waals surface area contributed by atoms with E-state index in [1.807, 2.05) is 0 Å². The van der Waals surface area contributed by atoms with Crippen LogP contribution in [0.15, 0.2) is 0 Å². The highest BCUT2D eigenvalue weighted by molar-refractivity contribution is 4.79. The summed E-state index contributed by atoms with van der Waals surface area (Å²) in [6, 6.07) is 1.41. The van der Waals surface area contributed by atoms with Gasteiger partial charge < -0.3 is 10.4 Å². The van der Waals surface area contributed by atoms with E-state index in [1.54, 1.807) is 0 Å². The first-order chi connectivity index (χ1) is 6.80. The molecule has 0 aromatic carbocycles. The average molecular weight is 199 g/mol. The van der Waals surface area contributed by atoms with Gasteiger partial charge in [0.15, 0.2) is 0 Å². The molecule has 0 aromatic heterocycles. The molecule has 1 aliphatic carbocycles. The maximum absolute atomic E-state index is 9.03. The molecule has 1 aliphatic rings. The smallest absolute Gasteiger partial charge is 0.0459 e. The summed E-state index contributed by atoms with van der Waals surface area (Å²) in [4.78, 5) is 0. The normalized spacial score (nSPS) is 28.3. The monoisotopic (exact) mass is 199 g/mol. The maximum atomic E-state index is 9.03. The Morgan fingerprint density at radius 1 is 1.14 bits per heavy atom. The van der Waals surface area contributed by atoms with Gasteiger partial charge in [0.05, 0.1) is 0 Å². The van der Waals surface area contributed by atoms with E-state index in [1.165, 1.54) is 38.5 Å². The van der Waals surface area contributed by atoms with E-state index in [0.29, 0.717) is 24.6 Å².